The smallest absolute Gasteiger partial charge is 0.222 e. The zero-order valence-electron chi connectivity index (χ0n) is 13.8. The van der Waals surface area contributed by atoms with Crippen molar-refractivity contribution in [2.24, 2.45) is 11.7 Å². The van der Waals surface area contributed by atoms with E-state index in [9.17, 15) is 4.79 Å². The van der Waals surface area contributed by atoms with Gasteiger partial charge in [0.05, 0.1) is 19.1 Å². The van der Waals surface area contributed by atoms with Crippen LogP contribution in [0.5, 0.6) is 5.75 Å². The lowest BCUT2D eigenvalue weighted by Crippen LogP contribution is -2.32. The average molecular weight is 308 g/mol. The van der Waals surface area contributed by atoms with E-state index in [1.54, 1.807) is 7.11 Å². The van der Waals surface area contributed by atoms with Crippen molar-refractivity contribution >= 4 is 5.91 Å². The summed E-state index contributed by atoms with van der Waals surface area (Å²) < 4.78 is 10.9. The minimum Gasteiger partial charge on any atom is -0.493 e. The van der Waals surface area contributed by atoms with Crippen molar-refractivity contribution < 1.29 is 14.3 Å². The van der Waals surface area contributed by atoms with Crippen LogP contribution in [0.2, 0.25) is 0 Å². The number of hydrogen-bond donors (Lipinski definition) is 2. The highest BCUT2D eigenvalue weighted by Crippen LogP contribution is 2.18. The highest BCUT2D eigenvalue weighted by atomic mass is 16.5. The number of nitrogens with two attached hydrogens (primary N) is 1. The summed E-state index contributed by atoms with van der Waals surface area (Å²) in [5.74, 6) is 1.36. The molecule has 0 spiro atoms. The van der Waals surface area contributed by atoms with Crippen LogP contribution in [0.4, 0.5) is 0 Å². The first-order valence-electron chi connectivity index (χ1n) is 7.77. The largest absolute Gasteiger partial charge is 0.493 e. The van der Waals surface area contributed by atoms with Gasteiger partial charge < -0.3 is 20.5 Å². The minimum atomic E-state index is -0.238. The third kappa shape index (κ3) is 6.91. The van der Waals surface area contributed by atoms with Crippen LogP contribution in [0.1, 0.15) is 32.3 Å². The maximum atomic E-state index is 11.9. The number of para-hydroxylation sites is 1. The van der Waals surface area contributed by atoms with Crippen LogP contribution in [0.3, 0.4) is 0 Å². The molecule has 3 N–H and O–H groups in total. The molecule has 5 nitrogen and oxygen atoms in total. The number of carbonyl (C=O) groups is 1. The summed E-state index contributed by atoms with van der Waals surface area (Å²) >= 11 is 0. The molecule has 1 amide bonds. The third-order valence-corrected chi connectivity index (χ3v) is 3.41. The van der Waals surface area contributed by atoms with Gasteiger partial charge in [-0.15, -0.1) is 0 Å². The normalized spacial score (nSPS) is 12.2. The lowest BCUT2D eigenvalue weighted by atomic mass is 10.1. The zero-order chi connectivity index (χ0) is 16.4. The molecule has 1 atom stereocenters. The lowest BCUT2D eigenvalue weighted by molar-refractivity contribution is -0.123. The molecule has 0 aliphatic heterocycles. The monoisotopic (exact) mass is 308 g/mol. The summed E-state index contributed by atoms with van der Waals surface area (Å²) in [4.78, 5) is 11.9. The molecule has 1 aromatic carbocycles. The molecule has 124 valence electrons. The molecule has 0 saturated heterocycles. The molecule has 1 aromatic rings. The molecule has 0 radical (unpaired) electrons. The molecule has 22 heavy (non-hydrogen) atoms. The minimum absolute atomic E-state index is 0.0747. The van der Waals surface area contributed by atoms with Crippen LogP contribution < -0.4 is 15.8 Å². The predicted molar refractivity (Wildman–Crippen MR) is 87.7 cm³/mol. The van der Waals surface area contributed by atoms with Crippen molar-refractivity contribution in [2.45, 2.75) is 39.3 Å². The van der Waals surface area contributed by atoms with E-state index in [1.165, 1.54) is 0 Å². The van der Waals surface area contributed by atoms with Gasteiger partial charge in [-0.1, -0.05) is 32.0 Å². The van der Waals surface area contributed by atoms with Gasteiger partial charge in [0.1, 0.15) is 5.75 Å². The molecule has 0 heterocycles. The van der Waals surface area contributed by atoms with Crippen molar-refractivity contribution in [3.05, 3.63) is 29.8 Å². The quantitative estimate of drug-likeness (QED) is 0.694. The molecule has 0 aliphatic carbocycles. The van der Waals surface area contributed by atoms with Gasteiger partial charge in [0, 0.05) is 25.8 Å². The molecule has 1 unspecified atom stereocenters. The molecule has 0 bridgehead atoms. The molecule has 0 saturated carbocycles. The van der Waals surface area contributed by atoms with Crippen molar-refractivity contribution in [3.63, 3.8) is 0 Å². The van der Waals surface area contributed by atoms with Gasteiger partial charge in [-0.3, -0.25) is 4.79 Å². The second-order valence-corrected chi connectivity index (χ2v) is 5.71. The first-order valence-corrected chi connectivity index (χ1v) is 7.77. The first kappa shape index (κ1) is 18.5. The van der Waals surface area contributed by atoms with Gasteiger partial charge in [0.2, 0.25) is 5.91 Å². The van der Waals surface area contributed by atoms with Crippen molar-refractivity contribution in [3.8, 4) is 5.75 Å². The molecule has 0 aliphatic rings. The summed E-state index contributed by atoms with van der Waals surface area (Å²) in [5, 5.41) is 2.88. The number of carbonyl (C=O) groups excluding carboxylic acids is 1. The molecule has 0 fully saturated rings. The summed E-state index contributed by atoms with van der Waals surface area (Å²) in [5.41, 5.74) is 6.49. The van der Waals surface area contributed by atoms with Gasteiger partial charge in [-0.05, 0) is 18.4 Å². The molecular formula is C17H28N2O3. The van der Waals surface area contributed by atoms with Gasteiger partial charge in [-0.2, -0.15) is 0 Å². The van der Waals surface area contributed by atoms with Crippen molar-refractivity contribution in [1.29, 1.82) is 0 Å². The van der Waals surface area contributed by atoms with Gasteiger partial charge in [-0.25, -0.2) is 0 Å². The molecule has 0 aromatic heterocycles. The average Bonchev–Trinajstić information content (AvgIpc) is 2.51. The van der Waals surface area contributed by atoms with E-state index in [-0.39, 0.29) is 18.4 Å². The second-order valence-electron chi connectivity index (χ2n) is 5.71. The Labute approximate surface area is 133 Å². The Hall–Kier alpha value is -1.59. The number of nitrogens with one attached hydrogen (secondary N) is 1. The summed E-state index contributed by atoms with van der Waals surface area (Å²) in [6.07, 6.45) is 1.04. The maximum Gasteiger partial charge on any atom is 0.222 e. The van der Waals surface area contributed by atoms with Crippen LogP contribution in [0, 0.1) is 5.92 Å². The Morgan fingerprint density at radius 2 is 2.05 bits per heavy atom. The Morgan fingerprint density at radius 1 is 1.32 bits per heavy atom. The fourth-order valence-corrected chi connectivity index (χ4v) is 1.93. The van der Waals surface area contributed by atoms with E-state index in [1.807, 2.05) is 24.3 Å². The predicted octanol–water partition coefficient (Wildman–Crippen LogP) is 2.09. The third-order valence-electron chi connectivity index (χ3n) is 3.41. The number of ether oxygens (including phenoxy) is 2. The van der Waals surface area contributed by atoms with Crippen LogP contribution in [0.25, 0.3) is 0 Å². The van der Waals surface area contributed by atoms with E-state index >= 15 is 0 Å². The van der Waals surface area contributed by atoms with E-state index in [2.05, 4.69) is 19.2 Å². The number of amides is 1. The van der Waals surface area contributed by atoms with Crippen molar-refractivity contribution in [1.82, 2.24) is 5.32 Å². The van der Waals surface area contributed by atoms with Gasteiger partial charge in [0.15, 0.2) is 0 Å². The lowest BCUT2D eigenvalue weighted by Gasteiger charge is -2.15. The highest BCUT2D eigenvalue weighted by molar-refractivity contribution is 5.76. The number of benzene rings is 1. The summed E-state index contributed by atoms with van der Waals surface area (Å²) in [6, 6.07) is 7.77. The summed E-state index contributed by atoms with van der Waals surface area (Å²) in [6.45, 7) is 5.79. The van der Waals surface area contributed by atoms with Gasteiger partial charge >= 0.3 is 0 Å². The fourth-order valence-electron chi connectivity index (χ4n) is 1.93. The molecular weight excluding hydrogens is 280 g/mol. The Kier molecular flexibility index (Phi) is 8.55. The summed E-state index contributed by atoms with van der Waals surface area (Å²) in [7, 11) is 1.56. The van der Waals surface area contributed by atoms with Gasteiger partial charge in [0.25, 0.3) is 0 Å². The van der Waals surface area contributed by atoms with E-state index in [0.717, 1.165) is 17.7 Å². The standard InChI is InChI=1S/C17H28N2O3/c1-13(2)8-9-22-16-7-5-4-6-14(16)12-19-17(20)10-15(11-18)21-3/h4-7,13,15H,8-12,18H2,1-3H3,(H,19,20). The van der Waals surface area contributed by atoms with E-state index in [4.69, 9.17) is 15.2 Å². The zero-order valence-corrected chi connectivity index (χ0v) is 13.8. The van der Waals surface area contributed by atoms with E-state index < -0.39 is 0 Å². The number of rotatable bonds is 10. The Balaban J connectivity index is 2.49. The number of methoxy groups -OCH3 is 1. The maximum absolute atomic E-state index is 11.9. The Morgan fingerprint density at radius 3 is 2.68 bits per heavy atom. The van der Waals surface area contributed by atoms with Crippen LogP contribution in [-0.4, -0.2) is 32.3 Å². The first-order chi connectivity index (χ1) is 10.6. The van der Waals surface area contributed by atoms with Crippen LogP contribution >= 0.6 is 0 Å². The fraction of sp³-hybridized carbons (Fsp3) is 0.588. The second kappa shape index (κ2) is 10.2. The van der Waals surface area contributed by atoms with E-state index in [0.29, 0.717) is 25.6 Å². The topological polar surface area (TPSA) is 73.6 Å². The van der Waals surface area contributed by atoms with Crippen LogP contribution in [-0.2, 0) is 16.1 Å². The Bertz CT molecular complexity index is 445. The molecule has 5 heteroatoms. The number of hydrogen-bond acceptors (Lipinski definition) is 4. The SMILES string of the molecule is COC(CN)CC(=O)NCc1ccccc1OCCC(C)C. The highest BCUT2D eigenvalue weighted by Gasteiger charge is 2.12. The van der Waals surface area contributed by atoms with Crippen molar-refractivity contribution in [2.75, 3.05) is 20.3 Å². The molecule has 1 rings (SSSR count). The van der Waals surface area contributed by atoms with Crippen LogP contribution in [0.15, 0.2) is 24.3 Å².